The zero-order valence-corrected chi connectivity index (χ0v) is 17.6. The lowest BCUT2D eigenvalue weighted by molar-refractivity contribution is -0.142. The molecule has 7 nitrogen and oxygen atoms in total. The molecule has 0 aliphatic heterocycles. The van der Waals surface area contributed by atoms with E-state index in [4.69, 9.17) is 0 Å². The van der Waals surface area contributed by atoms with Crippen molar-refractivity contribution in [3.8, 4) is 0 Å². The zero-order valence-electron chi connectivity index (χ0n) is 16.0. The average molecular weight is 501 g/mol. The molecule has 1 amide bonds. The smallest absolute Gasteiger partial charge is 0.293 e. The van der Waals surface area contributed by atoms with Crippen molar-refractivity contribution in [2.24, 2.45) is 0 Å². The molecule has 0 unspecified atom stereocenters. The molecular weight excluding hydrogens is 484 g/mol. The van der Waals surface area contributed by atoms with Crippen LogP contribution in [0.1, 0.15) is 42.1 Å². The van der Waals surface area contributed by atoms with Crippen LogP contribution < -0.4 is 5.32 Å². The van der Waals surface area contributed by atoms with Gasteiger partial charge in [-0.05, 0) is 46.5 Å². The van der Waals surface area contributed by atoms with Gasteiger partial charge in [0.2, 0.25) is 11.9 Å². The maximum atomic E-state index is 13.3. The first-order chi connectivity index (χ1) is 14.7. The number of rotatable bonds is 7. The standard InChI is InChI=1S/C19H17BrF4N6O/c20-15-16(12-4-5-12)30(27-17(15)19(22,23)24)7-6-14(31)26-18-25-10-29(28-18)9-11-2-1-3-13(21)8-11/h1-3,8,10,12H,4-7,9H2,(H,26,28,31). The van der Waals surface area contributed by atoms with E-state index in [2.05, 4.69) is 36.4 Å². The highest BCUT2D eigenvalue weighted by molar-refractivity contribution is 9.10. The molecule has 1 aliphatic carbocycles. The van der Waals surface area contributed by atoms with E-state index < -0.39 is 17.8 Å². The first-order valence-electron chi connectivity index (χ1n) is 9.48. The van der Waals surface area contributed by atoms with E-state index >= 15 is 0 Å². The summed E-state index contributed by atoms with van der Waals surface area (Å²) in [5, 5.41) is 10.3. The van der Waals surface area contributed by atoms with E-state index in [1.807, 2.05) is 0 Å². The molecule has 1 aliphatic rings. The molecule has 0 spiro atoms. The molecule has 4 rings (SSSR count). The monoisotopic (exact) mass is 500 g/mol. The van der Waals surface area contributed by atoms with Crippen LogP contribution in [-0.2, 0) is 24.1 Å². The Labute approximate surface area is 182 Å². The first kappa shape index (κ1) is 21.5. The van der Waals surface area contributed by atoms with E-state index in [-0.39, 0.29) is 41.7 Å². The van der Waals surface area contributed by atoms with Crippen LogP contribution in [0.3, 0.4) is 0 Å². The molecule has 1 saturated carbocycles. The van der Waals surface area contributed by atoms with E-state index in [1.54, 1.807) is 12.1 Å². The lowest BCUT2D eigenvalue weighted by atomic mass is 10.2. The molecule has 164 valence electrons. The minimum absolute atomic E-state index is 0.00362. The summed E-state index contributed by atoms with van der Waals surface area (Å²) in [6.45, 7) is 0.267. The molecule has 3 aromatic rings. The van der Waals surface area contributed by atoms with Crippen LogP contribution in [0.2, 0.25) is 0 Å². The zero-order chi connectivity index (χ0) is 22.2. The number of anilines is 1. The van der Waals surface area contributed by atoms with E-state index in [0.717, 1.165) is 12.8 Å². The molecule has 0 atom stereocenters. The normalized spacial score (nSPS) is 14.1. The molecule has 1 aromatic carbocycles. The van der Waals surface area contributed by atoms with Crippen LogP contribution >= 0.6 is 15.9 Å². The van der Waals surface area contributed by atoms with Crippen molar-refractivity contribution in [3.63, 3.8) is 0 Å². The van der Waals surface area contributed by atoms with Crippen LogP contribution in [0, 0.1) is 5.82 Å². The number of carbonyl (C=O) groups is 1. The third kappa shape index (κ3) is 5.12. The molecule has 31 heavy (non-hydrogen) atoms. The molecular formula is C19H17BrF4N6O. The Morgan fingerprint density at radius 1 is 1.26 bits per heavy atom. The van der Waals surface area contributed by atoms with E-state index in [0.29, 0.717) is 11.3 Å². The van der Waals surface area contributed by atoms with Gasteiger partial charge in [0, 0.05) is 12.3 Å². The van der Waals surface area contributed by atoms with Gasteiger partial charge < -0.3 is 0 Å². The van der Waals surface area contributed by atoms with Gasteiger partial charge in [-0.15, -0.1) is 5.10 Å². The van der Waals surface area contributed by atoms with Gasteiger partial charge in [0.05, 0.1) is 23.3 Å². The van der Waals surface area contributed by atoms with Crippen molar-refractivity contribution in [1.29, 1.82) is 0 Å². The largest absolute Gasteiger partial charge is 0.436 e. The molecule has 1 N–H and O–H groups in total. The fourth-order valence-electron chi connectivity index (χ4n) is 3.20. The summed E-state index contributed by atoms with van der Waals surface area (Å²) in [5.41, 5.74) is 0.172. The number of hydrogen-bond donors (Lipinski definition) is 1. The fourth-order valence-corrected chi connectivity index (χ4v) is 4.03. The number of carbonyl (C=O) groups excluding carboxylic acids is 1. The van der Waals surface area contributed by atoms with Gasteiger partial charge in [0.15, 0.2) is 5.69 Å². The third-order valence-corrected chi connectivity index (χ3v) is 5.52. The second-order valence-corrected chi connectivity index (χ2v) is 8.03. The fraction of sp³-hybridized carbons (Fsp3) is 0.368. The summed E-state index contributed by atoms with van der Waals surface area (Å²) in [6.07, 6.45) is -1.69. The number of halogens is 5. The van der Waals surface area contributed by atoms with Gasteiger partial charge in [-0.3, -0.25) is 14.8 Å². The molecule has 0 radical (unpaired) electrons. The molecule has 2 heterocycles. The van der Waals surface area contributed by atoms with Crippen molar-refractivity contribution in [2.45, 2.75) is 44.4 Å². The van der Waals surface area contributed by atoms with Gasteiger partial charge in [-0.2, -0.15) is 18.3 Å². The second-order valence-electron chi connectivity index (χ2n) is 7.24. The van der Waals surface area contributed by atoms with E-state index in [9.17, 15) is 22.4 Å². The lowest BCUT2D eigenvalue weighted by Crippen LogP contribution is -2.17. The van der Waals surface area contributed by atoms with Gasteiger partial charge in [-0.25, -0.2) is 14.1 Å². The molecule has 1 fully saturated rings. The molecule has 12 heteroatoms. The van der Waals surface area contributed by atoms with Crippen molar-refractivity contribution in [2.75, 3.05) is 5.32 Å². The second kappa shape index (κ2) is 8.40. The van der Waals surface area contributed by atoms with Crippen LogP contribution in [0.25, 0.3) is 0 Å². The number of amides is 1. The van der Waals surface area contributed by atoms with Gasteiger partial charge in [-0.1, -0.05) is 12.1 Å². The van der Waals surface area contributed by atoms with Gasteiger partial charge in [0.25, 0.3) is 0 Å². The molecule has 0 bridgehead atoms. The highest BCUT2D eigenvalue weighted by Crippen LogP contribution is 2.47. The highest BCUT2D eigenvalue weighted by atomic mass is 79.9. The van der Waals surface area contributed by atoms with Crippen LogP contribution in [0.4, 0.5) is 23.5 Å². The Kier molecular flexibility index (Phi) is 5.82. The van der Waals surface area contributed by atoms with Crippen molar-refractivity contribution < 1.29 is 22.4 Å². The lowest BCUT2D eigenvalue weighted by Gasteiger charge is -2.07. The van der Waals surface area contributed by atoms with Crippen LogP contribution in [0.5, 0.6) is 0 Å². The topological polar surface area (TPSA) is 77.6 Å². The van der Waals surface area contributed by atoms with Crippen LogP contribution in [0.15, 0.2) is 35.1 Å². The maximum Gasteiger partial charge on any atom is 0.436 e. The number of nitrogens with zero attached hydrogens (tertiary/aromatic N) is 5. The summed E-state index contributed by atoms with van der Waals surface area (Å²) in [6, 6.07) is 6.02. The summed E-state index contributed by atoms with van der Waals surface area (Å²) in [7, 11) is 0. The summed E-state index contributed by atoms with van der Waals surface area (Å²) in [4.78, 5) is 16.2. The number of benzene rings is 1. The average Bonchev–Trinajstić information content (AvgIpc) is 3.33. The minimum Gasteiger partial charge on any atom is -0.293 e. The number of aromatic nitrogens is 5. The maximum absolute atomic E-state index is 13.3. The Balaban J connectivity index is 1.37. The summed E-state index contributed by atoms with van der Waals surface area (Å²) < 4.78 is 55.4. The van der Waals surface area contributed by atoms with Crippen molar-refractivity contribution in [3.05, 3.63) is 57.8 Å². The number of hydrogen-bond acceptors (Lipinski definition) is 4. The van der Waals surface area contributed by atoms with Gasteiger partial charge >= 0.3 is 6.18 Å². The Morgan fingerprint density at radius 3 is 2.71 bits per heavy atom. The van der Waals surface area contributed by atoms with Crippen molar-refractivity contribution >= 4 is 27.8 Å². The van der Waals surface area contributed by atoms with Gasteiger partial charge in [0.1, 0.15) is 12.1 Å². The minimum atomic E-state index is -4.57. The predicted molar refractivity (Wildman–Crippen MR) is 106 cm³/mol. The molecule has 0 saturated heterocycles. The quantitative estimate of drug-likeness (QED) is 0.489. The summed E-state index contributed by atoms with van der Waals surface area (Å²) in [5.74, 6) is -0.747. The Hall–Kier alpha value is -2.76. The Morgan fingerprint density at radius 2 is 2.03 bits per heavy atom. The first-order valence-corrected chi connectivity index (χ1v) is 10.3. The number of nitrogens with one attached hydrogen (secondary N) is 1. The van der Waals surface area contributed by atoms with E-state index in [1.165, 1.54) is 27.8 Å². The summed E-state index contributed by atoms with van der Waals surface area (Å²) >= 11 is 3.02. The third-order valence-electron chi connectivity index (χ3n) is 4.74. The van der Waals surface area contributed by atoms with Crippen molar-refractivity contribution in [1.82, 2.24) is 24.5 Å². The number of alkyl halides is 3. The highest BCUT2D eigenvalue weighted by Gasteiger charge is 2.41. The molecule has 2 aromatic heterocycles. The Bertz CT molecular complexity index is 1110. The SMILES string of the molecule is O=C(CCn1nc(C(F)(F)F)c(Br)c1C1CC1)Nc1ncn(Cc2cccc(F)c2)n1. The van der Waals surface area contributed by atoms with Crippen LogP contribution in [-0.4, -0.2) is 30.5 Å². The predicted octanol–water partition coefficient (Wildman–Crippen LogP) is 4.35. The number of aryl methyl sites for hydroxylation is 1.